The minimum Gasteiger partial charge on any atom is -0.368 e. The van der Waals surface area contributed by atoms with Gasteiger partial charge >= 0.3 is 0 Å². The van der Waals surface area contributed by atoms with Crippen LogP contribution in [0.4, 0.5) is 0 Å². The lowest BCUT2D eigenvalue weighted by atomic mass is 10.1. The molecule has 2 aromatic rings. The highest BCUT2D eigenvalue weighted by Crippen LogP contribution is 2.20. The van der Waals surface area contributed by atoms with E-state index in [9.17, 15) is 13.2 Å². The van der Waals surface area contributed by atoms with Gasteiger partial charge in [-0.2, -0.15) is 5.26 Å². The van der Waals surface area contributed by atoms with Crippen molar-refractivity contribution in [3.63, 3.8) is 0 Å². The molecular formula is C25H31N5O3S. The molecule has 0 saturated carbocycles. The predicted molar refractivity (Wildman–Crippen MR) is 132 cm³/mol. The molecule has 2 aromatic carbocycles. The summed E-state index contributed by atoms with van der Waals surface area (Å²) in [6.07, 6.45) is 1.44. The minimum atomic E-state index is -3.68. The van der Waals surface area contributed by atoms with Crippen molar-refractivity contribution >= 4 is 21.8 Å². The molecule has 1 aliphatic rings. The number of amidine groups is 1. The molecule has 1 aliphatic heterocycles. The number of aliphatic imine (C=N–C) groups is 1. The molecule has 180 valence electrons. The van der Waals surface area contributed by atoms with Crippen molar-refractivity contribution in [3.05, 3.63) is 64.7 Å². The van der Waals surface area contributed by atoms with E-state index < -0.39 is 10.0 Å². The van der Waals surface area contributed by atoms with Crippen LogP contribution in [0.3, 0.4) is 0 Å². The Hall–Kier alpha value is -3.22. The average molecular weight is 482 g/mol. The topological polar surface area (TPSA) is 106 Å². The summed E-state index contributed by atoms with van der Waals surface area (Å²) < 4.78 is 27.0. The van der Waals surface area contributed by atoms with Crippen LogP contribution in [-0.4, -0.2) is 69.6 Å². The average Bonchev–Trinajstić information content (AvgIpc) is 3.37. The maximum Gasteiger partial charge on any atom is 0.243 e. The van der Waals surface area contributed by atoms with Gasteiger partial charge in [-0.05, 0) is 49.1 Å². The largest absolute Gasteiger partial charge is 0.368 e. The maximum absolute atomic E-state index is 12.9. The quantitative estimate of drug-likeness (QED) is 0.561. The van der Waals surface area contributed by atoms with E-state index in [1.807, 2.05) is 18.2 Å². The third-order valence-electron chi connectivity index (χ3n) is 5.92. The molecule has 0 spiro atoms. The summed E-state index contributed by atoms with van der Waals surface area (Å²) in [4.78, 5) is 18.8. The van der Waals surface area contributed by atoms with Gasteiger partial charge in [-0.15, -0.1) is 0 Å². The molecule has 34 heavy (non-hydrogen) atoms. The molecule has 0 aromatic heterocycles. The van der Waals surface area contributed by atoms with Crippen LogP contribution in [0.25, 0.3) is 0 Å². The van der Waals surface area contributed by atoms with Gasteiger partial charge < -0.3 is 10.2 Å². The first-order valence-electron chi connectivity index (χ1n) is 11.3. The van der Waals surface area contributed by atoms with E-state index in [4.69, 9.17) is 5.26 Å². The zero-order chi connectivity index (χ0) is 24.7. The van der Waals surface area contributed by atoms with Crippen LogP contribution in [0.2, 0.25) is 0 Å². The monoisotopic (exact) mass is 481 g/mol. The summed E-state index contributed by atoms with van der Waals surface area (Å²) >= 11 is 0. The van der Waals surface area contributed by atoms with E-state index in [0.717, 1.165) is 36.5 Å². The molecule has 0 fully saturated rings. The molecule has 0 atom stereocenters. The lowest BCUT2D eigenvalue weighted by Gasteiger charge is -2.20. The molecule has 1 amide bonds. The van der Waals surface area contributed by atoms with E-state index in [2.05, 4.69) is 22.4 Å². The lowest BCUT2D eigenvalue weighted by Crippen LogP contribution is -2.31. The second-order valence-electron chi connectivity index (χ2n) is 8.44. The summed E-state index contributed by atoms with van der Waals surface area (Å²) in [5, 5.41) is 12.2. The van der Waals surface area contributed by atoms with Crippen LogP contribution < -0.4 is 5.32 Å². The van der Waals surface area contributed by atoms with E-state index in [1.54, 1.807) is 24.9 Å². The van der Waals surface area contributed by atoms with Gasteiger partial charge in [-0.3, -0.25) is 9.79 Å². The molecule has 0 bridgehead atoms. The number of benzene rings is 2. The summed E-state index contributed by atoms with van der Waals surface area (Å²) in [5.41, 5.74) is 3.16. The fraction of sp³-hybridized carbons (Fsp3) is 0.400. The SMILES string of the molecule is Cc1cc(C#N)ccc1S(=O)(=O)N(C)CCCC(=O)N(C)CCc1ccc(C2=NCCN2)cc1. The van der Waals surface area contributed by atoms with Gasteiger partial charge in [0.05, 0.1) is 23.1 Å². The first-order chi connectivity index (χ1) is 16.2. The van der Waals surface area contributed by atoms with E-state index >= 15 is 0 Å². The number of carbonyl (C=O) groups excluding carboxylic acids is 1. The standard InChI is InChI=1S/C25H31N5O3S/c1-19-17-21(18-26)8-11-23(19)34(32,33)30(3)15-4-5-24(31)29(2)16-12-20-6-9-22(10-7-20)25-27-13-14-28-25/h6-11,17H,4-5,12-16H2,1-3H3,(H,27,28). The maximum atomic E-state index is 12.9. The number of hydrogen-bond donors (Lipinski definition) is 1. The molecule has 0 aliphatic carbocycles. The highest BCUT2D eigenvalue weighted by atomic mass is 32.2. The van der Waals surface area contributed by atoms with E-state index in [1.165, 1.54) is 23.5 Å². The Bertz CT molecular complexity index is 1200. The number of amides is 1. The number of likely N-dealkylation sites (N-methyl/N-ethyl adjacent to an activating group) is 1. The molecule has 1 heterocycles. The first kappa shape index (κ1) is 25.4. The molecule has 0 saturated heterocycles. The number of hydrogen-bond acceptors (Lipinski definition) is 6. The number of rotatable bonds is 10. The second-order valence-corrected chi connectivity index (χ2v) is 10.5. The van der Waals surface area contributed by atoms with Crippen LogP contribution in [0.15, 0.2) is 52.4 Å². The van der Waals surface area contributed by atoms with Crippen LogP contribution in [0.5, 0.6) is 0 Å². The van der Waals surface area contributed by atoms with Gasteiger partial charge in [-0.1, -0.05) is 24.3 Å². The zero-order valence-corrected chi connectivity index (χ0v) is 20.7. The molecule has 1 N–H and O–H groups in total. The third-order valence-corrected chi connectivity index (χ3v) is 7.94. The number of nitrogens with zero attached hydrogens (tertiary/aromatic N) is 4. The molecule has 0 radical (unpaired) electrons. The normalized spacial score (nSPS) is 13.3. The van der Waals surface area contributed by atoms with E-state index in [0.29, 0.717) is 24.1 Å². The Morgan fingerprint density at radius 3 is 2.50 bits per heavy atom. The molecule has 0 unspecified atom stereocenters. The highest BCUT2D eigenvalue weighted by Gasteiger charge is 2.23. The van der Waals surface area contributed by atoms with Crippen molar-refractivity contribution in [3.8, 4) is 6.07 Å². The van der Waals surface area contributed by atoms with Crippen LogP contribution in [0.1, 0.15) is 35.1 Å². The van der Waals surface area contributed by atoms with Crippen LogP contribution >= 0.6 is 0 Å². The summed E-state index contributed by atoms with van der Waals surface area (Å²) in [7, 11) is -0.399. The third kappa shape index (κ3) is 6.22. The predicted octanol–water partition coefficient (Wildman–Crippen LogP) is 2.32. The zero-order valence-electron chi connectivity index (χ0n) is 19.9. The van der Waals surface area contributed by atoms with Gasteiger partial charge in [0.2, 0.25) is 15.9 Å². The smallest absolute Gasteiger partial charge is 0.243 e. The summed E-state index contributed by atoms with van der Waals surface area (Å²) in [6, 6.07) is 14.7. The van der Waals surface area contributed by atoms with Gasteiger partial charge in [0.1, 0.15) is 5.84 Å². The minimum absolute atomic E-state index is 0.0125. The number of nitriles is 1. The Morgan fingerprint density at radius 2 is 1.88 bits per heavy atom. The molecule has 3 rings (SSSR count). The van der Waals surface area contributed by atoms with Gasteiger partial charge in [-0.25, -0.2) is 12.7 Å². The second kappa shape index (κ2) is 11.3. The van der Waals surface area contributed by atoms with E-state index in [-0.39, 0.29) is 23.8 Å². The Kier molecular flexibility index (Phi) is 8.42. The lowest BCUT2D eigenvalue weighted by molar-refractivity contribution is -0.130. The fourth-order valence-corrected chi connectivity index (χ4v) is 5.19. The molecule has 9 heteroatoms. The van der Waals surface area contributed by atoms with Crippen molar-refractivity contribution in [2.24, 2.45) is 4.99 Å². The van der Waals surface area contributed by atoms with Crippen molar-refractivity contribution in [2.45, 2.75) is 31.1 Å². The number of nitrogens with one attached hydrogen (secondary N) is 1. The van der Waals surface area contributed by atoms with Crippen molar-refractivity contribution in [1.82, 2.24) is 14.5 Å². The van der Waals surface area contributed by atoms with Crippen molar-refractivity contribution in [1.29, 1.82) is 5.26 Å². The fourth-order valence-electron chi connectivity index (χ4n) is 3.78. The van der Waals surface area contributed by atoms with Crippen LogP contribution in [-0.2, 0) is 21.2 Å². The van der Waals surface area contributed by atoms with Crippen molar-refractivity contribution < 1.29 is 13.2 Å². The Labute approximate surface area is 202 Å². The first-order valence-corrected chi connectivity index (χ1v) is 12.7. The number of aryl methyl sites for hydroxylation is 1. The Morgan fingerprint density at radius 1 is 1.15 bits per heavy atom. The Balaban J connectivity index is 1.45. The summed E-state index contributed by atoms with van der Waals surface area (Å²) in [5.74, 6) is 0.918. The summed E-state index contributed by atoms with van der Waals surface area (Å²) in [6.45, 7) is 4.19. The molecule has 8 nitrogen and oxygen atoms in total. The number of sulfonamides is 1. The van der Waals surface area contributed by atoms with Gasteiger partial charge in [0, 0.05) is 45.7 Å². The molecular weight excluding hydrogens is 450 g/mol. The van der Waals surface area contributed by atoms with Crippen LogP contribution in [0, 0.1) is 18.3 Å². The highest BCUT2D eigenvalue weighted by molar-refractivity contribution is 7.89. The van der Waals surface area contributed by atoms with Gasteiger partial charge in [0.15, 0.2) is 0 Å². The number of carbonyl (C=O) groups is 1. The van der Waals surface area contributed by atoms with Gasteiger partial charge in [0.25, 0.3) is 0 Å². The van der Waals surface area contributed by atoms with Crippen molar-refractivity contribution in [2.75, 3.05) is 40.3 Å².